The standard InChI is InChI=1S/C14H20N2O3/c17-10-12(16-5-3-15-4-6-16)11-1-2-13-14(9-11)19-8-7-18-13/h1-2,9,12,15,17H,3-8,10H2/t12-/m0/s1. The number of rotatable bonds is 3. The molecular weight excluding hydrogens is 244 g/mol. The Morgan fingerprint density at radius 1 is 1.16 bits per heavy atom. The second kappa shape index (κ2) is 5.77. The Morgan fingerprint density at radius 2 is 1.89 bits per heavy atom. The summed E-state index contributed by atoms with van der Waals surface area (Å²) in [6.07, 6.45) is 0. The lowest BCUT2D eigenvalue weighted by atomic mass is 10.0. The summed E-state index contributed by atoms with van der Waals surface area (Å²) < 4.78 is 11.1. The highest BCUT2D eigenvalue weighted by Crippen LogP contribution is 2.34. The van der Waals surface area contributed by atoms with E-state index in [1.807, 2.05) is 18.2 Å². The smallest absolute Gasteiger partial charge is 0.161 e. The maximum Gasteiger partial charge on any atom is 0.161 e. The van der Waals surface area contributed by atoms with Crippen molar-refractivity contribution in [3.63, 3.8) is 0 Å². The molecule has 104 valence electrons. The van der Waals surface area contributed by atoms with Gasteiger partial charge in [-0.2, -0.15) is 0 Å². The molecule has 0 spiro atoms. The first-order valence-corrected chi connectivity index (χ1v) is 6.83. The summed E-state index contributed by atoms with van der Waals surface area (Å²) in [7, 11) is 0. The topological polar surface area (TPSA) is 54.0 Å². The van der Waals surface area contributed by atoms with Crippen molar-refractivity contribution in [2.24, 2.45) is 0 Å². The van der Waals surface area contributed by atoms with Crippen molar-refractivity contribution in [2.45, 2.75) is 6.04 Å². The van der Waals surface area contributed by atoms with Gasteiger partial charge in [0, 0.05) is 26.2 Å². The molecule has 5 heteroatoms. The Bertz CT molecular complexity index is 433. The highest BCUT2D eigenvalue weighted by molar-refractivity contribution is 5.44. The zero-order valence-corrected chi connectivity index (χ0v) is 11.0. The molecule has 2 N–H and O–H groups in total. The predicted molar refractivity (Wildman–Crippen MR) is 71.7 cm³/mol. The van der Waals surface area contributed by atoms with Gasteiger partial charge in [0.15, 0.2) is 11.5 Å². The maximum atomic E-state index is 9.70. The molecule has 5 nitrogen and oxygen atoms in total. The first-order chi connectivity index (χ1) is 9.38. The number of nitrogens with zero attached hydrogens (tertiary/aromatic N) is 1. The third-order valence-corrected chi connectivity index (χ3v) is 3.72. The molecular formula is C14H20N2O3. The van der Waals surface area contributed by atoms with E-state index in [1.54, 1.807) is 0 Å². The van der Waals surface area contributed by atoms with Crippen molar-refractivity contribution in [3.05, 3.63) is 23.8 Å². The number of benzene rings is 1. The quantitative estimate of drug-likeness (QED) is 0.827. The summed E-state index contributed by atoms with van der Waals surface area (Å²) in [5.74, 6) is 1.59. The number of hydrogen-bond acceptors (Lipinski definition) is 5. The minimum atomic E-state index is 0.0397. The Kier molecular flexibility index (Phi) is 3.87. The summed E-state index contributed by atoms with van der Waals surface area (Å²) in [6, 6.07) is 6.00. The van der Waals surface area contributed by atoms with Gasteiger partial charge in [0.05, 0.1) is 12.6 Å². The van der Waals surface area contributed by atoms with Crippen LogP contribution < -0.4 is 14.8 Å². The molecule has 0 aromatic heterocycles. The van der Waals surface area contributed by atoms with Gasteiger partial charge in [-0.1, -0.05) is 6.07 Å². The number of nitrogens with one attached hydrogen (secondary N) is 1. The second-order valence-corrected chi connectivity index (χ2v) is 4.89. The van der Waals surface area contributed by atoms with Crippen LogP contribution in [0.3, 0.4) is 0 Å². The first kappa shape index (κ1) is 12.7. The highest BCUT2D eigenvalue weighted by atomic mass is 16.6. The summed E-state index contributed by atoms with van der Waals surface area (Å²) in [6.45, 7) is 5.18. The van der Waals surface area contributed by atoms with Gasteiger partial charge in [-0.25, -0.2) is 0 Å². The van der Waals surface area contributed by atoms with E-state index in [4.69, 9.17) is 9.47 Å². The minimum Gasteiger partial charge on any atom is -0.486 e. The van der Waals surface area contributed by atoms with Crippen molar-refractivity contribution < 1.29 is 14.6 Å². The molecule has 2 aliphatic heterocycles. The average Bonchev–Trinajstić information content (AvgIpc) is 2.49. The number of piperazine rings is 1. The van der Waals surface area contributed by atoms with Crippen LogP contribution in [0, 0.1) is 0 Å². The minimum absolute atomic E-state index is 0.0397. The van der Waals surface area contributed by atoms with E-state index >= 15 is 0 Å². The van der Waals surface area contributed by atoms with E-state index in [9.17, 15) is 5.11 Å². The molecule has 1 atom stereocenters. The number of aliphatic hydroxyl groups excluding tert-OH is 1. The molecule has 2 aliphatic rings. The van der Waals surface area contributed by atoms with Crippen LogP contribution in [-0.4, -0.2) is 56.0 Å². The van der Waals surface area contributed by atoms with Crippen LogP contribution in [-0.2, 0) is 0 Å². The molecule has 0 radical (unpaired) electrons. The summed E-state index contributed by atoms with van der Waals surface area (Å²) in [4.78, 5) is 2.31. The molecule has 0 unspecified atom stereocenters. The fourth-order valence-electron chi connectivity index (χ4n) is 2.69. The van der Waals surface area contributed by atoms with Crippen LogP contribution >= 0.6 is 0 Å². The summed E-state index contributed by atoms with van der Waals surface area (Å²) >= 11 is 0. The molecule has 1 aromatic carbocycles. The highest BCUT2D eigenvalue weighted by Gasteiger charge is 2.23. The first-order valence-electron chi connectivity index (χ1n) is 6.83. The van der Waals surface area contributed by atoms with Crippen LogP contribution in [0.2, 0.25) is 0 Å². The summed E-state index contributed by atoms with van der Waals surface area (Å²) in [5.41, 5.74) is 1.09. The van der Waals surface area contributed by atoms with Crippen molar-refractivity contribution in [2.75, 3.05) is 46.0 Å². The van der Waals surface area contributed by atoms with Crippen LogP contribution in [0.4, 0.5) is 0 Å². The van der Waals surface area contributed by atoms with Gasteiger partial charge < -0.3 is 19.9 Å². The molecule has 19 heavy (non-hydrogen) atoms. The van der Waals surface area contributed by atoms with E-state index in [0.717, 1.165) is 43.2 Å². The molecule has 1 aromatic rings. The lowest BCUT2D eigenvalue weighted by molar-refractivity contribution is 0.110. The Morgan fingerprint density at radius 3 is 2.63 bits per heavy atom. The van der Waals surface area contributed by atoms with Crippen molar-refractivity contribution in [3.8, 4) is 11.5 Å². The zero-order chi connectivity index (χ0) is 13.1. The van der Waals surface area contributed by atoms with Crippen LogP contribution in [0.5, 0.6) is 11.5 Å². The fraction of sp³-hybridized carbons (Fsp3) is 0.571. The number of ether oxygens (including phenoxy) is 2. The van der Waals surface area contributed by atoms with Gasteiger partial charge in [0.1, 0.15) is 13.2 Å². The van der Waals surface area contributed by atoms with E-state index < -0.39 is 0 Å². The van der Waals surface area contributed by atoms with Crippen LogP contribution in [0.25, 0.3) is 0 Å². The summed E-state index contributed by atoms with van der Waals surface area (Å²) in [5, 5.41) is 13.0. The van der Waals surface area contributed by atoms with Crippen LogP contribution in [0.1, 0.15) is 11.6 Å². The van der Waals surface area contributed by atoms with Gasteiger partial charge in [0.2, 0.25) is 0 Å². The van der Waals surface area contributed by atoms with E-state index in [0.29, 0.717) is 13.2 Å². The lowest BCUT2D eigenvalue weighted by Crippen LogP contribution is -2.46. The second-order valence-electron chi connectivity index (χ2n) is 4.89. The molecule has 0 saturated carbocycles. The van der Waals surface area contributed by atoms with E-state index in [1.165, 1.54) is 0 Å². The lowest BCUT2D eigenvalue weighted by Gasteiger charge is -2.34. The molecule has 2 heterocycles. The Hall–Kier alpha value is -1.30. The number of fused-ring (bicyclic) bond motifs is 1. The normalized spacial score (nSPS) is 21.1. The van der Waals surface area contributed by atoms with Gasteiger partial charge >= 0.3 is 0 Å². The van der Waals surface area contributed by atoms with E-state index in [2.05, 4.69) is 10.2 Å². The largest absolute Gasteiger partial charge is 0.486 e. The monoisotopic (exact) mass is 264 g/mol. The Balaban J connectivity index is 1.82. The van der Waals surface area contributed by atoms with Crippen molar-refractivity contribution in [1.82, 2.24) is 10.2 Å². The zero-order valence-electron chi connectivity index (χ0n) is 11.0. The molecule has 1 fully saturated rings. The molecule has 0 aliphatic carbocycles. The number of aliphatic hydroxyl groups is 1. The van der Waals surface area contributed by atoms with Crippen molar-refractivity contribution in [1.29, 1.82) is 0 Å². The van der Waals surface area contributed by atoms with Gasteiger partial charge in [-0.05, 0) is 17.7 Å². The van der Waals surface area contributed by atoms with Gasteiger partial charge in [0.25, 0.3) is 0 Å². The average molecular weight is 264 g/mol. The molecule has 3 rings (SSSR count). The fourth-order valence-corrected chi connectivity index (χ4v) is 2.69. The number of hydrogen-bond donors (Lipinski definition) is 2. The van der Waals surface area contributed by atoms with E-state index in [-0.39, 0.29) is 12.6 Å². The van der Waals surface area contributed by atoms with Gasteiger partial charge in [-0.3, -0.25) is 4.90 Å². The maximum absolute atomic E-state index is 9.70. The third-order valence-electron chi connectivity index (χ3n) is 3.72. The molecule has 0 amide bonds. The molecule has 1 saturated heterocycles. The molecule has 0 bridgehead atoms. The Labute approximate surface area is 113 Å². The van der Waals surface area contributed by atoms with Crippen molar-refractivity contribution >= 4 is 0 Å². The van der Waals surface area contributed by atoms with Crippen LogP contribution in [0.15, 0.2) is 18.2 Å². The van der Waals surface area contributed by atoms with Gasteiger partial charge in [-0.15, -0.1) is 0 Å². The SMILES string of the molecule is OC[C@@H](c1ccc2c(c1)OCCO2)N1CCNCC1. The predicted octanol–water partition coefficient (Wildman–Crippen LogP) is 0.396. The third kappa shape index (κ3) is 2.68.